The van der Waals surface area contributed by atoms with E-state index in [4.69, 9.17) is 4.74 Å². The molecule has 0 amide bonds. The van der Waals surface area contributed by atoms with Crippen LogP contribution in [0.3, 0.4) is 0 Å². The lowest BCUT2D eigenvalue weighted by molar-refractivity contribution is 0.0548. The van der Waals surface area contributed by atoms with Gasteiger partial charge in [0.05, 0.1) is 22.3 Å². The van der Waals surface area contributed by atoms with Gasteiger partial charge in [-0.1, -0.05) is 24.8 Å². The third kappa shape index (κ3) is 1.93. The lowest BCUT2D eigenvalue weighted by Crippen LogP contribution is -2.10. The molecule has 0 aliphatic heterocycles. The summed E-state index contributed by atoms with van der Waals surface area (Å²) in [6.45, 7) is 5.47. The van der Waals surface area contributed by atoms with E-state index >= 15 is 0 Å². The maximum absolute atomic E-state index is 12.0. The van der Waals surface area contributed by atoms with Gasteiger partial charge in [0, 0.05) is 6.20 Å². The molecule has 1 aromatic carbocycles. The summed E-state index contributed by atoms with van der Waals surface area (Å²) in [5.41, 5.74) is 2.79. The Morgan fingerprint density at radius 2 is 2.20 bits per heavy atom. The van der Waals surface area contributed by atoms with E-state index in [1.54, 1.807) is 17.5 Å². The Morgan fingerprint density at radius 1 is 1.40 bits per heavy atom. The Labute approximate surface area is 115 Å². The minimum absolute atomic E-state index is 0.182. The Kier molecular flexibility index (Phi) is 2.95. The van der Waals surface area contributed by atoms with Gasteiger partial charge in [0.2, 0.25) is 5.78 Å². The van der Waals surface area contributed by atoms with Crippen molar-refractivity contribution in [1.82, 2.24) is 14.4 Å². The standard InChI is InChI=1S/C15H13N3O2/c1-3-8-20-14(19)11-9-18-13-7-5-4-6-12(13)17-15(18)16-10(11)2/h3-7,9H,1,8H2,2H3. The molecule has 100 valence electrons. The van der Waals surface area contributed by atoms with Gasteiger partial charge < -0.3 is 4.74 Å². The number of carbonyl (C=O) groups excluding carboxylic acids is 1. The van der Waals surface area contributed by atoms with Crippen LogP contribution in [-0.4, -0.2) is 26.9 Å². The third-order valence-electron chi connectivity index (χ3n) is 3.05. The first kappa shape index (κ1) is 12.3. The second kappa shape index (κ2) is 4.77. The molecule has 0 unspecified atom stereocenters. The molecule has 0 atom stereocenters. The molecule has 0 fully saturated rings. The van der Waals surface area contributed by atoms with Crippen LogP contribution in [0.25, 0.3) is 16.8 Å². The molecule has 5 heteroatoms. The van der Waals surface area contributed by atoms with Gasteiger partial charge in [0.1, 0.15) is 6.61 Å². The molecule has 0 N–H and O–H groups in total. The zero-order chi connectivity index (χ0) is 14.1. The van der Waals surface area contributed by atoms with Crippen molar-refractivity contribution < 1.29 is 9.53 Å². The van der Waals surface area contributed by atoms with Crippen LogP contribution < -0.4 is 0 Å². The van der Waals surface area contributed by atoms with Gasteiger partial charge in [-0.05, 0) is 19.1 Å². The first-order valence-electron chi connectivity index (χ1n) is 6.23. The number of esters is 1. The number of fused-ring (bicyclic) bond motifs is 3. The van der Waals surface area contributed by atoms with Gasteiger partial charge in [-0.2, -0.15) is 0 Å². The molecule has 0 radical (unpaired) electrons. The molecule has 3 aromatic rings. The minimum atomic E-state index is -0.408. The van der Waals surface area contributed by atoms with Crippen LogP contribution in [0.5, 0.6) is 0 Å². The van der Waals surface area contributed by atoms with Crippen LogP contribution in [0.1, 0.15) is 16.1 Å². The van der Waals surface area contributed by atoms with Crippen molar-refractivity contribution >= 4 is 22.8 Å². The number of carbonyl (C=O) groups is 1. The van der Waals surface area contributed by atoms with Gasteiger partial charge in [0.15, 0.2) is 0 Å². The van der Waals surface area contributed by atoms with Crippen LogP contribution in [0, 0.1) is 6.92 Å². The van der Waals surface area contributed by atoms with E-state index in [2.05, 4.69) is 16.5 Å². The molecule has 2 aromatic heterocycles. The van der Waals surface area contributed by atoms with Gasteiger partial charge in [-0.25, -0.2) is 14.8 Å². The Balaban J connectivity index is 2.18. The monoisotopic (exact) mass is 267 g/mol. The van der Waals surface area contributed by atoms with Gasteiger partial charge >= 0.3 is 5.97 Å². The van der Waals surface area contributed by atoms with Crippen molar-refractivity contribution in [1.29, 1.82) is 0 Å². The number of ether oxygens (including phenoxy) is 1. The summed E-state index contributed by atoms with van der Waals surface area (Å²) in [5, 5.41) is 0. The molecule has 0 aliphatic rings. The molecule has 3 rings (SSSR count). The lowest BCUT2D eigenvalue weighted by Gasteiger charge is -2.05. The van der Waals surface area contributed by atoms with E-state index in [1.807, 2.05) is 24.3 Å². The largest absolute Gasteiger partial charge is 0.458 e. The molecular weight excluding hydrogens is 254 g/mol. The second-order valence-corrected chi connectivity index (χ2v) is 4.40. The summed E-state index contributed by atoms with van der Waals surface area (Å²) >= 11 is 0. The number of rotatable bonds is 3. The van der Waals surface area contributed by atoms with Gasteiger partial charge in [0.25, 0.3) is 0 Å². The fourth-order valence-electron chi connectivity index (χ4n) is 2.08. The number of benzene rings is 1. The van der Waals surface area contributed by atoms with Crippen LogP contribution in [0.15, 0.2) is 43.1 Å². The SMILES string of the molecule is C=CCOC(=O)c1cn2c(nc1C)nc1ccccc12. The summed E-state index contributed by atoms with van der Waals surface area (Å²) < 4.78 is 6.86. The fraction of sp³-hybridized carbons (Fsp3) is 0.133. The highest BCUT2D eigenvalue weighted by atomic mass is 16.5. The topological polar surface area (TPSA) is 56.5 Å². The predicted octanol–water partition coefficient (Wildman–Crippen LogP) is 2.53. The smallest absolute Gasteiger partial charge is 0.341 e. The van der Waals surface area contributed by atoms with Crippen molar-refractivity contribution in [3.63, 3.8) is 0 Å². The van der Waals surface area contributed by atoms with E-state index in [9.17, 15) is 4.79 Å². The molecule has 0 bridgehead atoms. The first-order valence-corrected chi connectivity index (χ1v) is 6.23. The summed E-state index contributed by atoms with van der Waals surface area (Å²) in [5.74, 6) is 0.165. The lowest BCUT2D eigenvalue weighted by atomic mass is 10.2. The number of aryl methyl sites for hydroxylation is 1. The van der Waals surface area contributed by atoms with E-state index in [0.717, 1.165) is 11.0 Å². The van der Waals surface area contributed by atoms with E-state index in [1.165, 1.54) is 6.08 Å². The van der Waals surface area contributed by atoms with Crippen molar-refractivity contribution in [2.24, 2.45) is 0 Å². The number of aromatic nitrogens is 3. The van der Waals surface area contributed by atoms with Crippen molar-refractivity contribution in [2.45, 2.75) is 6.92 Å². The Bertz CT molecular complexity index is 820. The maximum atomic E-state index is 12.0. The number of hydrogen-bond acceptors (Lipinski definition) is 4. The quantitative estimate of drug-likeness (QED) is 0.540. The molecule has 0 aliphatic carbocycles. The molecule has 0 saturated carbocycles. The highest BCUT2D eigenvalue weighted by Crippen LogP contribution is 2.17. The Morgan fingerprint density at radius 3 is 3.00 bits per heavy atom. The van der Waals surface area contributed by atoms with E-state index in [-0.39, 0.29) is 6.61 Å². The first-order chi connectivity index (χ1) is 9.70. The molecule has 2 heterocycles. The van der Waals surface area contributed by atoms with Gasteiger partial charge in [-0.15, -0.1) is 0 Å². The zero-order valence-electron chi connectivity index (χ0n) is 11.0. The Hall–Kier alpha value is -2.69. The maximum Gasteiger partial charge on any atom is 0.341 e. The highest BCUT2D eigenvalue weighted by molar-refractivity contribution is 5.91. The normalized spacial score (nSPS) is 10.8. The second-order valence-electron chi connectivity index (χ2n) is 4.40. The number of hydrogen-bond donors (Lipinski definition) is 0. The molecular formula is C15H13N3O2. The summed E-state index contributed by atoms with van der Waals surface area (Å²) in [6, 6.07) is 7.69. The minimum Gasteiger partial charge on any atom is -0.458 e. The van der Waals surface area contributed by atoms with Crippen LogP contribution >= 0.6 is 0 Å². The number of nitrogens with zero attached hydrogens (tertiary/aromatic N) is 3. The number of imidazole rings is 1. The zero-order valence-corrected chi connectivity index (χ0v) is 11.0. The fourth-order valence-corrected chi connectivity index (χ4v) is 2.08. The molecule has 0 saturated heterocycles. The third-order valence-corrected chi connectivity index (χ3v) is 3.05. The van der Waals surface area contributed by atoms with Crippen molar-refractivity contribution in [3.8, 4) is 0 Å². The van der Waals surface area contributed by atoms with Crippen molar-refractivity contribution in [3.05, 3.63) is 54.4 Å². The molecule has 0 spiro atoms. The van der Waals surface area contributed by atoms with E-state index < -0.39 is 5.97 Å². The predicted molar refractivity (Wildman–Crippen MR) is 75.7 cm³/mol. The van der Waals surface area contributed by atoms with Gasteiger partial charge in [-0.3, -0.25) is 4.40 Å². The summed E-state index contributed by atoms with van der Waals surface area (Å²) in [6.07, 6.45) is 3.25. The average Bonchev–Trinajstić information content (AvgIpc) is 2.81. The van der Waals surface area contributed by atoms with Crippen LogP contribution in [0.4, 0.5) is 0 Å². The van der Waals surface area contributed by atoms with E-state index in [0.29, 0.717) is 17.0 Å². The average molecular weight is 267 g/mol. The number of para-hydroxylation sites is 2. The molecule has 5 nitrogen and oxygen atoms in total. The van der Waals surface area contributed by atoms with Crippen LogP contribution in [0.2, 0.25) is 0 Å². The van der Waals surface area contributed by atoms with Crippen molar-refractivity contribution in [2.75, 3.05) is 6.61 Å². The van der Waals surface area contributed by atoms with Crippen LogP contribution in [-0.2, 0) is 4.74 Å². The summed E-state index contributed by atoms with van der Waals surface area (Å²) in [4.78, 5) is 20.8. The summed E-state index contributed by atoms with van der Waals surface area (Å²) in [7, 11) is 0. The highest BCUT2D eigenvalue weighted by Gasteiger charge is 2.15. The molecule has 20 heavy (non-hydrogen) atoms.